The number of ether oxygens (including phenoxy) is 2. The maximum atomic E-state index is 5.93. The lowest BCUT2D eigenvalue weighted by atomic mass is 10.1. The van der Waals surface area contributed by atoms with Gasteiger partial charge in [0.1, 0.15) is 12.4 Å². The van der Waals surface area contributed by atoms with Crippen molar-refractivity contribution in [2.75, 3.05) is 25.6 Å². The second-order valence-corrected chi connectivity index (χ2v) is 8.40. The van der Waals surface area contributed by atoms with Crippen LogP contribution in [0.4, 0.5) is 0 Å². The molecule has 1 saturated heterocycles. The van der Waals surface area contributed by atoms with E-state index in [2.05, 4.69) is 27.6 Å². The molecule has 1 N–H and O–H groups in total. The standard InChI is InChI=1S/C22H29N3O3S/c1-16(2)28-22-9-8-19(13-24-22)17(3)25-27-11-10-26-21-7-5-4-6-18(21)12-20-14-23-15-29-20/h4-9,13,16,20,23H,10-12,14-15H2,1-3H3. The van der Waals surface area contributed by atoms with Gasteiger partial charge in [0, 0.05) is 35.5 Å². The van der Waals surface area contributed by atoms with E-state index in [0.29, 0.717) is 24.3 Å². The van der Waals surface area contributed by atoms with E-state index in [1.807, 2.05) is 56.8 Å². The van der Waals surface area contributed by atoms with Gasteiger partial charge in [-0.05, 0) is 44.9 Å². The van der Waals surface area contributed by atoms with Crippen molar-refractivity contribution in [2.45, 2.75) is 38.5 Å². The van der Waals surface area contributed by atoms with E-state index in [1.165, 1.54) is 5.56 Å². The third kappa shape index (κ3) is 6.94. The van der Waals surface area contributed by atoms with E-state index in [4.69, 9.17) is 14.3 Å². The first-order valence-corrected chi connectivity index (χ1v) is 11.0. The number of para-hydroxylation sites is 1. The molecule has 29 heavy (non-hydrogen) atoms. The molecule has 0 aliphatic carbocycles. The highest BCUT2D eigenvalue weighted by molar-refractivity contribution is 8.00. The van der Waals surface area contributed by atoms with Crippen LogP contribution >= 0.6 is 11.8 Å². The number of rotatable bonds is 10. The Morgan fingerprint density at radius 2 is 2.10 bits per heavy atom. The predicted molar refractivity (Wildman–Crippen MR) is 118 cm³/mol. The minimum Gasteiger partial charge on any atom is -0.490 e. The minimum atomic E-state index is 0.102. The monoisotopic (exact) mass is 415 g/mol. The van der Waals surface area contributed by atoms with Gasteiger partial charge in [0.05, 0.1) is 11.8 Å². The molecule has 1 aliphatic heterocycles. The Hall–Kier alpha value is -2.25. The first kappa shape index (κ1) is 21.5. The number of thioether (sulfide) groups is 1. The van der Waals surface area contributed by atoms with Crippen molar-refractivity contribution in [1.82, 2.24) is 10.3 Å². The van der Waals surface area contributed by atoms with E-state index in [-0.39, 0.29) is 6.10 Å². The van der Waals surface area contributed by atoms with Gasteiger partial charge in [-0.3, -0.25) is 0 Å². The zero-order chi connectivity index (χ0) is 20.5. The Bertz CT molecular complexity index is 790. The van der Waals surface area contributed by atoms with E-state index >= 15 is 0 Å². The molecule has 0 radical (unpaired) electrons. The number of hydrogen-bond acceptors (Lipinski definition) is 7. The molecule has 1 unspecified atom stereocenters. The van der Waals surface area contributed by atoms with Crippen molar-refractivity contribution in [2.24, 2.45) is 5.16 Å². The molecule has 6 nitrogen and oxygen atoms in total. The minimum absolute atomic E-state index is 0.102. The molecule has 0 saturated carbocycles. The maximum Gasteiger partial charge on any atom is 0.213 e. The van der Waals surface area contributed by atoms with E-state index in [0.717, 1.165) is 35.9 Å². The van der Waals surface area contributed by atoms with Gasteiger partial charge in [0.25, 0.3) is 0 Å². The van der Waals surface area contributed by atoms with Crippen molar-refractivity contribution in [3.8, 4) is 11.6 Å². The molecule has 1 aliphatic rings. The number of nitrogens with one attached hydrogen (secondary N) is 1. The molecule has 1 atom stereocenters. The van der Waals surface area contributed by atoms with E-state index in [1.54, 1.807) is 6.20 Å². The van der Waals surface area contributed by atoms with Gasteiger partial charge in [0.15, 0.2) is 6.61 Å². The summed E-state index contributed by atoms with van der Waals surface area (Å²) >= 11 is 1.96. The topological polar surface area (TPSA) is 65.0 Å². The number of hydrogen-bond donors (Lipinski definition) is 1. The van der Waals surface area contributed by atoms with Crippen LogP contribution in [-0.2, 0) is 11.3 Å². The quantitative estimate of drug-likeness (QED) is 0.361. The summed E-state index contributed by atoms with van der Waals surface area (Å²) in [6.45, 7) is 7.72. The second kappa shape index (κ2) is 11.1. The lowest BCUT2D eigenvalue weighted by Gasteiger charge is -2.13. The van der Waals surface area contributed by atoms with E-state index < -0.39 is 0 Å². The summed E-state index contributed by atoms with van der Waals surface area (Å²) in [6.07, 6.45) is 2.85. The molecular weight excluding hydrogens is 386 g/mol. The molecule has 156 valence electrons. The summed E-state index contributed by atoms with van der Waals surface area (Å²) in [5.74, 6) is 2.56. The largest absolute Gasteiger partial charge is 0.490 e. The number of oxime groups is 1. The van der Waals surface area contributed by atoms with Gasteiger partial charge in [-0.15, -0.1) is 11.8 Å². The summed E-state index contributed by atoms with van der Waals surface area (Å²) < 4.78 is 11.5. The number of pyridine rings is 1. The van der Waals surface area contributed by atoms with Crippen LogP contribution in [0.3, 0.4) is 0 Å². The van der Waals surface area contributed by atoms with Gasteiger partial charge < -0.3 is 19.6 Å². The smallest absolute Gasteiger partial charge is 0.213 e. The van der Waals surface area contributed by atoms with E-state index in [9.17, 15) is 0 Å². The number of nitrogens with zero attached hydrogens (tertiary/aromatic N) is 2. The van der Waals surface area contributed by atoms with Crippen LogP contribution < -0.4 is 14.8 Å². The Morgan fingerprint density at radius 3 is 2.83 bits per heavy atom. The van der Waals surface area contributed by atoms with Crippen LogP contribution in [0.25, 0.3) is 0 Å². The zero-order valence-electron chi connectivity index (χ0n) is 17.3. The van der Waals surface area contributed by atoms with Gasteiger partial charge in [-0.2, -0.15) is 0 Å². The van der Waals surface area contributed by atoms with Crippen LogP contribution in [0, 0.1) is 0 Å². The highest BCUT2D eigenvalue weighted by Crippen LogP contribution is 2.25. The molecule has 2 heterocycles. The second-order valence-electron chi connectivity index (χ2n) is 7.11. The molecule has 0 amide bonds. The molecular formula is C22H29N3O3S. The summed E-state index contributed by atoms with van der Waals surface area (Å²) in [4.78, 5) is 9.72. The molecule has 0 spiro atoms. The summed E-state index contributed by atoms with van der Waals surface area (Å²) in [5, 5.41) is 8.15. The van der Waals surface area contributed by atoms with Gasteiger partial charge in [-0.1, -0.05) is 23.4 Å². The SMILES string of the molecule is CC(=NOCCOc1ccccc1CC1CNCS1)c1ccc(OC(C)C)nc1. The highest BCUT2D eigenvalue weighted by atomic mass is 32.2. The molecule has 3 rings (SSSR count). The Labute approximate surface area is 177 Å². The van der Waals surface area contributed by atoms with Crippen molar-refractivity contribution in [1.29, 1.82) is 0 Å². The first-order valence-electron chi connectivity index (χ1n) is 9.94. The predicted octanol–water partition coefficient (Wildman–Crippen LogP) is 3.89. The van der Waals surface area contributed by atoms with Gasteiger partial charge in [0.2, 0.25) is 5.88 Å². The Kier molecular flexibility index (Phi) is 8.19. The Balaban J connectivity index is 1.44. The molecule has 2 aromatic rings. The highest BCUT2D eigenvalue weighted by Gasteiger charge is 2.17. The van der Waals surface area contributed by atoms with Crippen LogP contribution in [-0.4, -0.2) is 47.7 Å². The lowest BCUT2D eigenvalue weighted by molar-refractivity contribution is 0.107. The lowest BCUT2D eigenvalue weighted by Crippen LogP contribution is -2.15. The third-order valence-corrected chi connectivity index (χ3v) is 5.53. The fourth-order valence-electron chi connectivity index (χ4n) is 2.93. The number of aromatic nitrogens is 1. The van der Waals surface area contributed by atoms with Crippen molar-refractivity contribution in [3.05, 3.63) is 53.7 Å². The zero-order valence-corrected chi connectivity index (χ0v) is 18.1. The van der Waals surface area contributed by atoms with Crippen molar-refractivity contribution < 1.29 is 14.3 Å². The van der Waals surface area contributed by atoms with Crippen LogP contribution in [0.2, 0.25) is 0 Å². The third-order valence-electron chi connectivity index (χ3n) is 4.36. The molecule has 1 fully saturated rings. The van der Waals surface area contributed by atoms with Gasteiger partial charge >= 0.3 is 0 Å². The molecule has 1 aromatic heterocycles. The summed E-state index contributed by atoms with van der Waals surface area (Å²) in [5.41, 5.74) is 2.90. The van der Waals surface area contributed by atoms with Crippen LogP contribution in [0.1, 0.15) is 31.9 Å². The number of benzene rings is 1. The molecule has 0 bridgehead atoms. The fourth-order valence-corrected chi connectivity index (χ4v) is 3.94. The van der Waals surface area contributed by atoms with Crippen LogP contribution in [0.15, 0.2) is 47.8 Å². The molecule has 1 aromatic carbocycles. The average Bonchev–Trinajstić information content (AvgIpc) is 3.22. The van der Waals surface area contributed by atoms with Crippen molar-refractivity contribution in [3.63, 3.8) is 0 Å². The normalized spacial score (nSPS) is 16.8. The van der Waals surface area contributed by atoms with Gasteiger partial charge in [-0.25, -0.2) is 4.98 Å². The first-order chi connectivity index (χ1) is 14.1. The van der Waals surface area contributed by atoms with Crippen molar-refractivity contribution >= 4 is 17.5 Å². The summed E-state index contributed by atoms with van der Waals surface area (Å²) in [6, 6.07) is 12.0. The van der Waals surface area contributed by atoms with Crippen LogP contribution in [0.5, 0.6) is 11.6 Å². The summed E-state index contributed by atoms with van der Waals surface area (Å²) in [7, 11) is 0. The molecule has 7 heteroatoms. The maximum absolute atomic E-state index is 5.93. The fraction of sp³-hybridized carbons (Fsp3) is 0.455. The average molecular weight is 416 g/mol. The Morgan fingerprint density at radius 1 is 1.24 bits per heavy atom.